The monoisotopic (exact) mass is 1040 g/mol. The minimum absolute atomic E-state index is 0.248. The molecule has 2 heterocycles. The van der Waals surface area contributed by atoms with Gasteiger partial charge in [-0.25, -0.2) is 0 Å². The molecule has 9 N–H and O–H groups in total. The van der Waals surface area contributed by atoms with Gasteiger partial charge in [-0.15, -0.1) is 0 Å². The average Bonchev–Trinajstić information content (AvgIpc) is 3.39. The zero-order chi connectivity index (χ0) is 53.2. The number of hydrogen-bond donors (Lipinski definition) is 9. The van der Waals surface area contributed by atoms with Gasteiger partial charge >= 0.3 is 0 Å². The Kier molecular flexibility index (Phi) is 42.1. The highest BCUT2D eigenvalue weighted by Crippen LogP contribution is 2.30. The first kappa shape index (κ1) is 67.6. The Morgan fingerprint density at radius 1 is 0.479 bits per heavy atom. The second-order valence-corrected chi connectivity index (χ2v) is 21.5. The molecule has 2 aliphatic rings. The van der Waals surface area contributed by atoms with Crippen molar-refractivity contribution in [3.8, 4) is 0 Å². The lowest BCUT2D eigenvalue weighted by atomic mass is 9.97. The van der Waals surface area contributed by atoms with Gasteiger partial charge in [0.1, 0.15) is 48.8 Å². The third kappa shape index (κ3) is 31.5. The summed E-state index contributed by atoms with van der Waals surface area (Å²) in [5.41, 5.74) is 0. The summed E-state index contributed by atoms with van der Waals surface area (Å²) >= 11 is 0. The van der Waals surface area contributed by atoms with E-state index in [-0.39, 0.29) is 18.9 Å². The van der Waals surface area contributed by atoms with Crippen molar-refractivity contribution < 1.29 is 64.6 Å². The predicted molar refractivity (Wildman–Crippen MR) is 291 cm³/mol. The topological polar surface area (TPSA) is 228 Å². The van der Waals surface area contributed by atoms with Gasteiger partial charge < -0.3 is 65.1 Å². The summed E-state index contributed by atoms with van der Waals surface area (Å²) in [5, 5.41) is 87.0. The summed E-state index contributed by atoms with van der Waals surface area (Å²) in [5.74, 6) is -0.248. The minimum atomic E-state index is -1.79. The van der Waals surface area contributed by atoms with Crippen molar-refractivity contribution in [3.05, 3.63) is 24.3 Å². The molecule has 0 aromatic rings. The van der Waals surface area contributed by atoms with Gasteiger partial charge in [-0.3, -0.25) is 4.79 Å². The van der Waals surface area contributed by atoms with Crippen molar-refractivity contribution in [1.29, 1.82) is 0 Å². The number of unbranched alkanes of at least 4 members (excludes halogenated alkanes) is 33. The van der Waals surface area contributed by atoms with Crippen molar-refractivity contribution >= 4 is 5.91 Å². The molecule has 1 amide bonds. The SMILES string of the molecule is CCCCC/C=C\CCCCCCCC(=O)NC(COC1OC(CO)C(OC2OC(CO)C(O)C(O)C2O)C(O)C1O)C(O)/C=C/CCCCCCCCCCCCCCCCCCCCCCCCCCC. The maximum atomic E-state index is 13.2. The molecule has 12 unspecified atom stereocenters. The lowest BCUT2D eigenvalue weighted by molar-refractivity contribution is -0.359. The molecule has 2 fully saturated rings. The number of aliphatic hydroxyl groups excluding tert-OH is 8. The molecule has 0 bridgehead atoms. The Morgan fingerprint density at radius 2 is 0.863 bits per heavy atom. The number of amides is 1. The molecular weight excluding hydrogens is 931 g/mol. The molecule has 2 aliphatic heterocycles. The van der Waals surface area contributed by atoms with Gasteiger partial charge in [0.15, 0.2) is 12.6 Å². The van der Waals surface area contributed by atoms with Crippen LogP contribution in [0.25, 0.3) is 0 Å². The fourth-order valence-electron chi connectivity index (χ4n) is 9.99. The molecule has 12 atom stereocenters. The Labute approximate surface area is 443 Å². The highest BCUT2D eigenvalue weighted by Gasteiger charge is 2.51. The van der Waals surface area contributed by atoms with Crippen molar-refractivity contribution in [1.82, 2.24) is 5.32 Å². The molecule has 0 aromatic heterocycles. The van der Waals surface area contributed by atoms with Gasteiger partial charge in [-0.1, -0.05) is 224 Å². The Morgan fingerprint density at radius 3 is 1.33 bits per heavy atom. The van der Waals surface area contributed by atoms with Gasteiger partial charge in [0.05, 0.1) is 32.0 Å². The highest BCUT2D eigenvalue weighted by atomic mass is 16.7. The van der Waals surface area contributed by atoms with Crippen LogP contribution >= 0.6 is 0 Å². The van der Waals surface area contributed by atoms with Gasteiger partial charge in [-0.2, -0.15) is 0 Å². The van der Waals surface area contributed by atoms with Crippen molar-refractivity contribution in [3.63, 3.8) is 0 Å². The number of ether oxygens (including phenoxy) is 4. The van der Waals surface area contributed by atoms with Crippen molar-refractivity contribution in [2.45, 2.75) is 325 Å². The first-order valence-electron chi connectivity index (χ1n) is 30.1. The maximum Gasteiger partial charge on any atom is 0.220 e. The van der Waals surface area contributed by atoms with E-state index in [1.807, 2.05) is 6.08 Å². The predicted octanol–water partition coefficient (Wildman–Crippen LogP) is 10.1. The van der Waals surface area contributed by atoms with Crippen LogP contribution in [0, 0.1) is 0 Å². The highest BCUT2D eigenvalue weighted by molar-refractivity contribution is 5.76. The van der Waals surface area contributed by atoms with Gasteiger partial charge in [-0.05, 0) is 44.9 Å². The van der Waals surface area contributed by atoms with Crippen LogP contribution in [0.3, 0.4) is 0 Å². The third-order valence-electron chi connectivity index (χ3n) is 14.9. The third-order valence-corrected chi connectivity index (χ3v) is 14.9. The van der Waals surface area contributed by atoms with Gasteiger partial charge in [0.25, 0.3) is 0 Å². The van der Waals surface area contributed by atoms with E-state index < -0.39 is 86.8 Å². The minimum Gasteiger partial charge on any atom is -0.394 e. The number of rotatable bonds is 48. The summed E-state index contributed by atoms with van der Waals surface area (Å²) in [6.07, 6.45) is 36.6. The zero-order valence-corrected chi connectivity index (χ0v) is 46.1. The number of carbonyl (C=O) groups is 1. The Hall–Kier alpha value is -1.53. The van der Waals surface area contributed by atoms with Crippen LogP contribution in [-0.4, -0.2) is 140 Å². The zero-order valence-electron chi connectivity index (χ0n) is 46.1. The number of nitrogens with one attached hydrogen (secondary N) is 1. The standard InChI is InChI=1S/C59H111NO13/c1-3-5-7-9-11-13-15-17-18-19-20-21-22-23-24-25-26-27-28-29-30-31-32-34-36-38-40-42-48(63)47(60-51(64)43-41-39-37-35-33-16-14-12-10-8-6-4-2)46-70-58-56(69)54(67)57(50(45-62)72-58)73-59-55(68)53(66)52(65)49(44-61)71-59/h12,14,40,42,47-50,52-59,61-63,65-69H,3-11,13,15-39,41,43-46H2,1-2H3,(H,60,64)/b14-12-,42-40+. The largest absolute Gasteiger partial charge is 0.394 e. The first-order valence-corrected chi connectivity index (χ1v) is 30.1. The molecule has 0 radical (unpaired) electrons. The fraction of sp³-hybridized carbons (Fsp3) is 0.915. The quantitative estimate of drug-likeness (QED) is 0.0204. The smallest absolute Gasteiger partial charge is 0.220 e. The fourth-order valence-corrected chi connectivity index (χ4v) is 9.99. The molecule has 2 saturated heterocycles. The molecule has 0 aromatic carbocycles. The average molecular weight is 1040 g/mol. The lowest BCUT2D eigenvalue weighted by Gasteiger charge is -2.46. The summed E-state index contributed by atoms with van der Waals surface area (Å²) < 4.78 is 22.7. The van der Waals surface area contributed by atoms with E-state index in [2.05, 4.69) is 31.3 Å². The summed E-state index contributed by atoms with van der Waals surface area (Å²) in [6.45, 7) is 2.78. The van der Waals surface area contributed by atoms with Gasteiger partial charge in [0.2, 0.25) is 5.91 Å². The summed E-state index contributed by atoms with van der Waals surface area (Å²) in [7, 11) is 0. The molecule has 0 saturated carbocycles. The second kappa shape index (κ2) is 45.5. The molecule has 0 aliphatic carbocycles. The number of carbonyl (C=O) groups excluding carboxylic acids is 1. The van der Waals surface area contributed by atoms with E-state index in [0.717, 1.165) is 57.8 Å². The van der Waals surface area contributed by atoms with Crippen molar-refractivity contribution in [2.24, 2.45) is 0 Å². The van der Waals surface area contributed by atoms with E-state index in [1.54, 1.807) is 6.08 Å². The summed E-state index contributed by atoms with van der Waals surface area (Å²) in [6, 6.07) is -0.916. The molecular formula is C59H111NO13. The van der Waals surface area contributed by atoms with Crippen LogP contribution in [0.1, 0.15) is 251 Å². The van der Waals surface area contributed by atoms with E-state index in [1.165, 1.54) is 167 Å². The van der Waals surface area contributed by atoms with Crippen LogP contribution < -0.4 is 5.32 Å². The number of hydrogen-bond acceptors (Lipinski definition) is 13. The van der Waals surface area contributed by atoms with E-state index in [0.29, 0.717) is 6.42 Å². The van der Waals surface area contributed by atoms with Crippen LogP contribution in [-0.2, 0) is 23.7 Å². The number of allylic oxidation sites excluding steroid dienone is 3. The molecule has 14 heteroatoms. The molecule has 73 heavy (non-hydrogen) atoms. The number of aliphatic hydroxyl groups is 8. The van der Waals surface area contributed by atoms with Gasteiger partial charge in [0, 0.05) is 6.42 Å². The van der Waals surface area contributed by atoms with Crippen LogP contribution in [0.5, 0.6) is 0 Å². The molecule has 14 nitrogen and oxygen atoms in total. The maximum absolute atomic E-state index is 13.2. The van der Waals surface area contributed by atoms with E-state index >= 15 is 0 Å². The summed E-state index contributed by atoms with van der Waals surface area (Å²) in [4.78, 5) is 13.2. The molecule has 0 spiro atoms. The van der Waals surface area contributed by atoms with Crippen molar-refractivity contribution in [2.75, 3.05) is 19.8 Å². The lowest BCUT2D eigenvalue weighted by Crippen LogP contribution is -2.65. The van der Waals surface area contributed by atoms with E-state index in [4.69, 9.17) is 18.9 Å². The Bertz CT molecular complexity index is 1320. The second-order valence-electron chi connectivity index (χ2n) is 21.5. The van der Waals surface area contributed by atoms with Crippen LogP contribution in [0.4, 0.5) is 0 Å². The molecule has 2 rings (SSSR count). The van der Waals surface area contributed by atoms with Crippen LogP contribution in [0.2, 0.25) is 0 Å². The molecule has 430 valence electrons. The first-order chi connectivity index (χ1) is 35.6. The normalized spacial score (nSPS) is 25.5. The van der Waals surface area contributed by atoms with E-state index in [9.17, 15) is 45.6 Å². The van der Waals surface area contributed by atoms with Crippen LogP contribution in [0.15, 0.2) is 24.3 Å². The Balaban J connectivity index is 1.71.